The Morgan fingerprint density at radius 3 is 2.29 bits per heavy atom. The predicted octanol–water partition coefficient (Wildman–Crippen LogP) is 3.96. The second-order valence-corrected chi connectivity index (χ2v) is 6.42. The van der Waals surface area contributed by atoms with E-state index in [1.54, 1.807) is 25.2 Å². The van der Waals surface area contributed by atoms with Gasteiger partial charge >= 0.3 is 11.9 Å². The normalized spacial score (nSPS) is 10.8. The molecule has 5 nitrogen and oxygen atoms in total. The van der Waals surface area contributed by atoms with E-state index in [0.717, 1.165) is 32.3 Å². The average Bonchev–Trinajstić information content (AvgIpc) is 3.07. The molecule has 0 spiro atoms. The molecule has 1 heterocycles. The highest BCUT2D eigenvalue weighted by Gasteiger charge is 2.28. The lowest BCUT2D eigenvalue weighted by Crippen LogP contribution is -2.28. The number of rotatable bonds is 13. The van der Waals surface area contributed by atoms with Crippen molar-refractivity contribution in [3.05, 3.63) is 22.4 Å². The Balaban J connectivity index is 2.12. The molecule has 1 aromatic heterocycles. The lowest BCUT2D eigenvalue weighted by molar-refractivity contribution is -0.161. The summed E-state index contributed by atoms with van der Waals surface area (Å²) in [6.07, 6.45) is 4.23. The van der Waals surface area contributed by atoms with Crippen molar-refractivity contribution < 1.29 is 23.8 Å². The van der Waals surface area contributed by atoms with Crippen LogP contribution in [0.25, 0.3) is 0 Å². The summed E-state index contributed by atoms with van der Waals surface area (Å²) < 4.78 is 15.5. The molecular weight excluding hydrogens is 328 g/mol. The summed E-state index contributed by atoms with van der Waals surface area (Å²) >= 11 is 1.70. The fraction of sp³-hybridized carbons (Fsp3) is 0.667. The lowest BCUT2D eigenvalue weighted by Gasteiger charge is -2.14. The molecule has 24 heavy (non-hydrogen) atoms. The summed E-state index contributed by atoms with van der Waals surface area (Å²) in [4.78, 5) is 24.9. The third-order valence-electron chi connectivity index (χ3n) is 3.50. The first-order chi connectivity index (χ1) is 11.7. The summed E-state index contributed by atoms with van der Waals surface area (Å²) in [5.41, 5.74) is 0. The van der Waals surface area contributed by atoms with Gasteiger partial charge in [0.15, 0.2) is 5.92 Å². The van der Waals surface area contributed by atoms with Crippen LogP contribution in [0.4, 0.5) is 0 Å². The monoisotopic (exact) mass is 356 g/mol. The summed E-state index contributed by atoms with van der Waals surface area (Å²) in [7, 11) is 0. The van der Waals surface area contributed by atoms with E-state index in [2.05, 4.69) is 6.07 Å². The Kier molecular flexibility index (Phi) is 11.1. The molecule has 136 valence electrons. The van der Waals surface area contributed by atoms with Crippen LogP contribution in [0.1, 0.15) is 50.8 Å². The molecule has 0 saturated heterocycles. The minimum Gasteiger partial charge on any atom is -0.465 e. The number of hydrogen-bond donors (Lipinski definition) is 0. The van der Waals surface area contributed by atoms with Gasteiger partial charge < -0.3 is 14.2 Å². The minimum atomic E-state index is -0.792. The van der Waals surface area contributed by atoms with Gasteiger partial charge in [0, 0.05) is 11.5 Å². The van der Waals surface area contributed by atoms with Crippen LogP contribution in [-0.2, 0) is 30.4 Å². The van der Waals surface area contributed by atoms with Gasteiger partial charge in [-0.15, -0.1) is 11.3 Å². The standard InChI is InChI=1S/C18H28O5S/c1-3-22-17(19)16(18(20)23-4-2)11-7-5-6-8-12-21-14-15-10-9-13-24-15/h9-10,13,16H,3-8,11-12,14H2,1-2H3. The van der Waals surface area contributed by atoms with Crippen molar-refractivity contribution in [1.29, 1.82) is 0 Å². The third kappa shape index (κ3) is 8.45. The maximum atomic E-state index is 11.8. The van der Waals surface area contributed by atoms with Gasteiger partial charge in [-0.1, -0.05) is 25.3 Å². The molecule has 0 aliphatic rings. The summed E-state index contributed by atoms with van der Waals surface area (Å²) in [5, 5.41) is 2.04. The lowest BCUT2D eigenvalue weighted by atomic mass is 10.0. The Morgan fingerprint density at radius 1 is 1.04 bits per heavy atom. The third-order valence-corrected chi connectivity index (χ3v) is 4.35. The van der Waals surface area contributed by atoms with Crippen molar-refractivity contribution >= 4 is 23.3 Å². The van der Waals surface area contributed by atoms with Crippen LogP contribution in [0.5, 0.6) is 0 Å². The van der Waals surface area contributed by atoms with Crippen molar-refractivity contribution in [2.75, 3.05) is 19.8 Å². The van der Waals surface area contributed by atoms with Crippen molar-refractivity contribution in [2.45, 2.75) is 52.6 Å². The van der Waals surface area contributed by atoms with Crippen LogP contribution >= 0.6 is 11.3 Å². The largest absolute Gasteiger partial charge is 0.465 e. The molecule has 0 radical (unpaired) electrons. The number of hydrogen-bond acceptors (Lipinski definition) is 6. The van der Waals surface area contributed by atoms with Crippen LogP contribution in [0.2, 0.25) is 0 Å². The molecule has 0 atom stereocenters. The first-order valence-corrected chi connectivity index (χ1v) is 9.50. The van der Waals surface area contributed by atoms with E-state index in [1.807, 2.05) is 11.4 Å². The first-order valence-electron chi connectivity index (χ1n) is 8.62. The number of ether oxygens (including phenoxy) is 3. The first kappa shape index (κ1) is 20.6. The average molecular weight is 356 g/mol. The zero-order chi connectivity index (χ0) is 17.6. The summed E-state index contributed by atoms with van der Waals surface area (Å²) in [5.74, 6) is -1.74. The van der Waals surface area contributed by atoms with Crippen molar-refractivity contribution in [2.24, 2.45) is 5.92 Å². The van der Waals surface area contributed by atoms with Crippen LogP contribution in [0, 0.1) is 5.92 Å². The minimum absolute atomic E-state index is 0.274. The van der Waals surface area contributed by atoms with E-state index in [9.17, 15) is 9.59 Å². The van der Waals surface area contributed by atoms with E-state index >= 15 is 0 Å². The zero-order valence-corrected chi connectivity index (χ0v) is 15.4. The smallest absolute Gasteiger partial charge is 0.320 e. The van der Waals surface area contributed by atoms with Crippen LogP contribution in [-0.4, -0.2) is 31.8 Å². The molecule has 1 aromatic rings. The van der Waals surface area contributed by atoms with E-state index in [4.69, 9.17) is 14.2 Å². The Hall–Kier alpha value is -1.40. The number of unbranched alkanes of at least 4 members (excludes halogenated alkanes) is 3. The molecule has 0 aliphatic carbocycles. The van der Waals surface area contributed by atoms with E-state index in [0.29, 0.717) is 13.0 Å². The Labute approximate surface area is 148 Å². The molecule has 0 amide bonds. The maximum Gasteiger partial charge on any atom is 0.320 e. The number of thiophene rings is 1. The SMILES string of the molecule is CCOC(=O)C(CCCCCCOCc1cccs1)C(=O)OCC. The van der Waals surface area contributed by atoms with Crippen molar-refractivity contribution in [3.63, 3.8) is 0 Å². The Morgan fingerprint density at radius 2 is 1.71 bits per heavy atom. The van der Waals surface area contributed by atoms with Crippen LogP contribution in [0.15, 0.2) is 17.5 Å². The molecule has 0 aromatic carbocycles. The number of esters is 2. The molecule has 0 fully saturated rings. The second-order valence-electron chi connectivity index (χ2n) is 5.39. The second kappa shape index (κ2) is 13.0. The van der Waals surface area contributed by atoms with Gasteiger partial charge in [-0.3, -0.25) is 9.59 Å². The summed E-state index contributed by atoms with van der Waals surface area (Å²) in [6.45, 7) is 5.42. The molecule has 6 heteroatoms. The van der Waals surface area contributed by atoms with Crippen molar-refractivity contribution in [3.8, 4) is 0 Å². The van der Waals surface area contributed by atoms with E-state index < -0.39 is 17.9 Å². The van der Waals surface area contributed by atoms with Gasteiger partial charge in [0.25, 0.3) is 0 Å². The molecule has 0 N–H and O–H groups in total. The number of carbonyl (C=O) groups excluding carboxylic acids is 2. The molecule has 0 saturated carbocycles. The molecule has 0 bridgehead atoms. The van der Waals surface area contributed by atoms with E-state index in [-0.39, 0.29) is 13.2 Å². The molecular formula is C18H28O5S. The van der Waals surface area contributed by atoms with Gasteiger partial charge in [0.2, 0.25) is 0 Å². The van der Waals surface area contributed by atoms with Gasteiger partial charge in [0.1, 0.15) is 0 Å². The number of carbonyl (C=O) groups is 2. The van der Waals surface area contributed by atoms with Gasteiger partial charge in [-0.25, -0.2) is 0 Å². The molecule has 0 aliphatic heterocycles. The predicted molar refractivity (Wildman–Crippen MR) is 93.8 cm³/mol. The molecule has 1 rings (SSSR count). The topological polar surface area (TPSA) is 61.8 Å². The van der Waals surface area contributed by atoms with Crippen molar-refractivity contribution in [1.82, 2.24) is 0 Å². The van der Waals surface area contributed by atoms with Crippen LogP contribution in [0.3, 0.4) is 0 Å². The fourth-order valence-corrected chi connectivity index (χ4v) is 2.93. The van der Waals surface area contributed by atoms with Crippen LogP contribution < -0.4 is 0 Å². The van der Waals surface area contributed by atoms with Gasteiger partial charge in [-0.05, 0) is 38.1 Å². The highest BCUT2D eigenvalue weighted by atomic mass is 32.1. The quantitative estimate of drug-likeness (QED) is 0.304. The van der Waals surface area contributed by atoms with Gasteiger partial charge in [0.05, 0.1) is 19.8 Å². The maximum absolute atomic E-state index is 11.8. The zero-order valence-electron chi connectivity index (χ0n) is 14.6. The highest BCUT2D eigenvalue weighted by molar-refractivity contribution is 7.09. The van der Waals surface area contributed by atoms with E-state index in [1.165, 1.54) is 4.88 Å². The Bertz CT molecular complexity index is 440. The molecule has 0 unspecified atom stereocenters. The highest BCUT2D eigenvalue weighted by Crippen LogP contribution is 2.15. The summed E-state index contributed by atoms with van der Waals surface area (Å²) in [6, 6.07) is 4.09. The fourth-order valence-electron chi connectivity index (χ4n) is 2.29. The van der Waals surface area contributed by atoms with Gasteiger partial charge in [-0.2, -0.15) is 0 Å².